The lowest BCUT2D eigenvalue weighted by Crippen LogP contribution is -2.08. The summed E-state index contributed by atoms with van der Waals surface area (Å²) in [5.41, 5.74) is 1.51. The maximum absolute atomic E-state index is 11.9. The van der Waals surface area contributed by atoms with E-state index in [0.717, 1.165) is 0 Å². The van der Waals surface area contributed by atoms with E-state index in [-0.39, 0.29) is 11.6 Å². The zero-order chi connectivity index (χ0) is 12.5. The Hall–Kier alpha value is -1.13. The number of carbonyl (C=O) groups is 2. The van der Waals surface area contributed by atoms with E-state index in [1.165, 1.54) is 11.3 Å². The summed E-state index contributed by atoms with van der Waals surface area (Å²) < 4.78 is 0.539. The molecule has 0 amide bonds. The predicted molar refractivity (Wildman–Crippen MR) is 69.9 cm³/mol. The van der Waals surface area contributed by atoms with E-state index in [1.807, 2.05) is 0 Å². The van der Waals surface area contributed by atoms with Crippen LogP contribution in [0.2, 0.25) is 0 Å². The van der Waals surface area contributed by atoms with Gasteiger partial charge in [-0.3, -0.25) is 9.59 Å². The van der Waals surface area contributed by atoms with Crippen LogP contribution in [0.5, 0.6) is 0 Å². The Labute approximate surface area is 104 Å². The summed E-state index contributed by atoms with van der Waals surface area (Å²) >= 11 is 5.45. The van der Waals surface area contributed by atoms with Gasteiger partial charge in [-0.2, -0.15) is 0 Å². The summed E-state index contributed by atoms with van der Waals surface area (Å²) in [6, 6.07) is 0. The molecule has 0 saturated heterocycles. The molecule has 0 bridgehead atoms. The van der Waals surface area contributed by atoms with Crippen LogP contribution < -0.4 is 0 Å². The van der Waals surface area contributed by atoms with Crippen molar-refractivity contribution < 1.29 is 9.59 Å². The molecule has 84 valence electrons. The minimum atomic E-state index is -0.240. The lowest BCUT2D eigenvalue weighted by atomic mass is 9.99. The molecule has 0 aliphatic heterocycles. The fourth-order valence-electron chi connectivity index (χ4n) is 1.18. The molecule has 0 aliphatic carbocycles. The smallest absolute Gasteiger partial charge is 0.190 e. The lowest BCUT2D eigenvalue weighted by molar-refractivity contribution is 0.0998. The number of carbonyl (C=O) groups excluding carboxylic acids is 2. The van der Waals surface area contributed by atoms with Crippen molar-refractivity contribution in [1.82, 2.24) is 0 Å². The van der Waals surface area contributed by atoms with Crippen LogP contribution in [-0.2, 0) is 0 Å². The van der Waals surface area contributed by atoms with Crippen molar-refractivity contribution in [3.63, 3.8) is 0 Å². The van der Waals surface area contributed by atoms with Gasteiger partial charge in [0.15, 0.2) is 11.6 Å². The van der Waals surface area contributed by atoms with E-state index in [9.17, 15) is 9.59 Å². The van der Waals surface area contributed by atoms with Crippen LogP contribution in [-0.4, -0.2) is 11.6 Å². The van der Waals surface area contributed by atoms with E-state index in [4.69, 9.17) is 0 Å². The molecule has 0 fully saturated rings. The van der Waals surface area contributed by atoms with Crippen LogP contribution >= 0.6 is 24.0 Å². The zero-order valence-corrected chi connectivity index (χ0v) is 10.9. The summed E-state index contributed by atoms with van der Waals surface area (Å²) in [4.78, 5) is 23.6. The number of thiophene rings is 1. The minimum Gasteiger partial charge on any atom is -0.289 e. The molecule has 0 spiro atoms. The lowest BCUT2D eigenvalue weighted by Gasteiger charge is -2.03. The molecule has 1 aromatic rings. The van der Waals surface area contributed by atoms with Crippen LogP contribution in [0, 0.1) is 0 Å². The number of thiol groups is 1. The standard InChI is InChI=1S/C12H12O2S2/c1-6(2)10(13)8-5-16-12(15)9(8)11(14)7(3)4/h5,15H,1,3H2,2,4H3. The number of hydrogen-bond acceptors (Lipinski definition) is 4. The van der Waals surface area contributed by atoms with Crippen molar-refractivity contribution in [2.24, 2.45) is 0 Å². The van der Waals surface area contributed by atoms with Gasteiger partial charge in [0.2, 0.25) is 0 Å². The van der Waals surface area contributed by atoms with Gasteiger partial charge in [0.1, 0.15) is 0 Å². The average Bonchev–Trinajstić information content (AvgIpc) is 2.57. The van der Waals surface area contributed by atoms with Crippen molar-refractivity contribution in [3.8, 4) is 0 Å². The molecule has 4 heteroatoms. The second-order valence-corrected chi connectivity index (χ2v) is 5.18. The molecule has 2 nitrogen and oxygen atoms in total. The van der Waals surface area contributed by atoms with Gasteiger partial charge in [-0.05, 0) is 25.0 Å². The molecular weight excluding hydrogens is 240 g/mol. The average molecular weight is 252 g/mol. The Bertz CT molecular complexity index is 495. The van der Waals surface area contributed by atoms with Gasteiger partial charge in [-0.1, -0.05) is 13.2 Å². The van der Waals surface area contributed by atoms with Gasteiger partial charge in [0.05, 0.1) is 9.77 Å². The van der Waals surface area contributed by atoms with Crippen molar-refractivity contribution in [2.75, 3.05) is 0 Å². The highest BCUT2D eigenvalue weighted by atomic mass is 32.2. The molecule has 0 atom stereocenters. The summed E-state index contributed by atoms with van der Waals surface area (Å²) in [6.07, 6.45) is 0. The topological polar surface area (TPSA) is 34.1 Å². The first-order chi connectivity index (χ1) is 7.36. The van der Waals surface area contributed by atoms with Crippen molar-refractivity contribution in [1.29, 1.82) is 0 Å². The normalized spacial score (nSPS) is 9.94. The second-order valence-electron chi connectivity index (χ2n) is 3.55. The fraction of sp³-hybridized carbons (Fsp3) is 0.167. The molecule has 0 aliphatic rings. The Balaban J connectivity index is 3.34. The largest absolute Gasteiger partial charge is 0.289 e. The third-order valence-corrected chi connectivity index (χ3v) is 3.34. The van der Waals surface area contributed by atoms with Gasteiger partial charge in [-0.25, -0.2) is 0 Å². The monoisotopic (exact) mass is 252 g/mol. The molecule has 0 aromatic carbocycles. The summed E-state index contributed by atoms with van der Waals surface area (Å²) in [5.74, 6) is -0.461. The molecule has 0 unspecified atom stereocenters. The van der Waals surface area contributed by atoms with E-state index in [0.29, 0.717) is 26.5 Å². The zero-order valence-electron chi connectivity index (χ0n) is 9.16. The van der Waals surface area contributed by atoms with Gasteiger partial charge >= 0.3 is 0 Å². The third-order valence-electron chi connectivity index (χ3n) is 2.02. The molecule has 0 saturated carbocycles. The molecule has 16 heavy (non-hydrogen) atoms. The number of hydrogen-bond donors (Lipinski definition) is 1. The highest BCUT2D eigenvalue weighted by molar-refractivity contribution is 7.83. The Morgan fingerprint density at radius 1 is 1.19 bits per heavy atom. The molecule has 0 radical (unpaired) electrons. The second kappa shape index (κ2) is 4.80. The fourth-order valence-corrected chi connectivity index (χ4v) is 2.33. The highest BCUT2D eigenvalue weighted by Gasteiger charge is 2.22. The molecule has 0 N–H and O–H groups in total. The molecule has 1 rings (SSSR count). The predicted octanol–water partition coefficient (Wildman–Crippen LogP) is 3.55. The van der Waals surface area contributed by atoms with E-state index >= 15 is 0 Å². The maximum Gasteiger partial charge on any atom is 0.190 e. The van der Waals surface area contributed by atoms with Gasteiger partial charge in [0, 0.05) is 10.9 Å². The third kappa shape index (κ3) is 2.33. The quantitative estimate of drug-likeness (QED) is 0.505. The van der Waals surface area contributed by atoms with Crippen LogP contribution in [0.3, 0.4) is 0 Å². The van der Waals surface area contributed by atoms with E-state index in [2.05, 4.69) is 25.8 Å². The Morgan fingerprint density at radius 3 is 2.12 bits per heavy atom. The minimum absolute atomic E-state index is 0.221. The number of Topliss-reactive ketones (excluding diaryl/α,β-unsaturated/α-hetero) is 2. The first-order valence-electron chi connectivity index (χ1n) is 4.57. The van der Waals surface area contributed by atoms with Crippen molar-refractivity contribution in [3.05, 3.63) is 40.8 Å². The maximum atomic E-state index is 11.9. The number of allylic oxidation sites excluding steroid dienone is 2. The summed E-state index contributed by atoms with van der Waals surface area (Å²) in [5, 5.41) is 1.63. The Morgan fingerprint density at radius 2 is 1.69 bits per heavy atom. The van der Waals surface area contributed by atoms with Crippen molar-refractivity contribution >= 4 is 35.5 Å². The van der Waals surface area contributed by atoms with Crippen LogP contribution in [0.25, 0.3) is 0 Å². The SMILES string of the molecule is C=C(C)C(=O)c1csc(S)c1C(=O)C(=C)C. The van der Waals surface area contributed by atoms with Crippen molar-refractivity contribution in [2.45, 2.75) is 18.1 Å². The summed E-state index contributed by atoms with van der Waals surface area (Å²) in [7, 11) is 0. The first kappa shape index (κ1) is 12.9. The highest BCUT2D eigenvalue weighted by Crippen LogP contribution is 2.29. The van der Waals surface area contributed by atoms with Crippen LogP contribution in [0.15, 0.2) is 33.9 Å². The van der Waals surface area contributed by atoms with Gasteiger partial charge < -0.3 is 0 Å². The van der Waals surface area contributed by atoms with Crippen LogP contribution in [0.1, 0.15) is 34.6 Å². The Kier molecular flexibility index (Phi) is 3.88. The number of rotatable bonds is 4. The van der Waals surface area contributed by atoms with E-state index in [1.54, 1.807) is 19.2 Å². The first-order valence-corrected chi connectivity index (χ1v) is 5.89. The summed E-state index contributed by atoms with van der Waals surface area (Å²) in [6.45, 7) is 10.4. The van der Waals surface area contributed by atoms with Crippen LogP contribution in [0.4, 0.5) is 0 Å². The molecule has 1 heterocycles. The molecule has 1 aromatic heterocycles. The van der Waals surface area contributed by atoms with Gasteiger partial charge in [0.25, 0.3) is 0 Å². The van der Waals surface area contributed by atoms with Gasteiger partial charge in [-0.15, -0.1) is 24.0 Å². The number of ketones is 2. The molecular formula is C12H12O2S2. The van der Waals surface area contributed by atoms with E-state index < -0.39 is 0 Å².